The van der Waals surface area contributed by atoms with Crippen LogP contribution in [0.4, 0.5) is 8.78 Å². The minimum atomic E-state index is -1.28. The summed E-state index contributed by atoms with van der Waals surface area (Å²) in [5, 5.41) is 12.6. The van der Waals surface area contributed by atoms with Crippen molar-refractivity contribution in [2.24, 2.45) is 17.5 Å². The molecular formula is C30H35F2N5O2. The topological polar surface area (TPSA) is 103 Å². The molecule has 0 spiro atoms. The third-order valence-corrected chi connectivity index (χ3v) is 7.58. The number of fused-ring (bicyclic) bond motifs is 3. The minimum Gasteiger partial charge on any atom is -0.401 e. The molecule has 206 valence electrons. The van der Waals surface area contributed by atoms with Crippen molar-refractivity contribution in [3.8, 4) is 0 Å². The summed E-state index contributed by atoms with van der Waals surface area (Å²) in [6.07, 6.45) is 3.14. The smallest absolute Gasteiger partial charge is 0.135 e. The van der Waals surface area contributed by atoms with Gasteiger partial charge in [-0.3, -0.25) is 4.98 Å². The van der Waals surface area contributed by atoms with E-state index in [0.717, 1.165) is 18.4 Å². The number of nitrogens with two attached hydrogens (primary N) is 2. The highest BCUT2D eigenvalue weighted by atomic mass is 19.1. The van der Waals surface area contributed by atoms with Crippen LogP contribution < -0.4 is 11.6 Å². The molecule has 0 aliphatic carbocycles. The minimum absolute atomic E-state index is 0.0836. The van der Waals surface area contributed by atoms with Gasteiger partial charge in [-0.25, -0.2) is 14.6 Å². The lowest BCUT2D eigenvalue weighted by molar-refractivity contribution is 0.0552. The van der Waals surface area contributed by atoms with Crippen LogP contribution in [0.15, 0.2) is 54.4 Å². The van der Waals surface area contributed by atoms with Crippen LogP contribution in [0.2, 0.25) is 0 Å². The average molecular weight is 536 g/mol. The second-order valence-corrected chi connectivity index (χ2v) is 11.0. The summed E-state index contributed by atoms with van der Waals surface area (Å²) in [6, 6.07) is 11.3. The fourth-order valence-corrected chi connectivity index (χ4v) is 5.82. The molecule has 1 atom stereocenters. The molecule has 9 heteroatoms. The molecule has 1 unspecified atom stereocenters. The normalized spacial score (nSPS) is 16.5. The lowest BCUT2D eigenvalue weighted by atomic mass is 9.86. The first-order valence-electron chi connectivity index (χ1n) is 13.1. The van der Waals surface area contributed by atoms with Crippen LogP contribution in [0.3, 0.4) is 0 Å². The van der Waals surface area contributed by atoms with Crippen molar-refractivity contribution >= 4 is 27.6 Å². The van der Waals surface area contributed by atoms with E-state index >= 15 is 4.39 Å². The van der Waals surface area contributed by atoms with Gasteiger partial charge >= 0.3 is 0 Å². The van der Waals surface area contributed by atoms with Gasteiger partial charge in [0.1, 0.15) is 11.6 Å². The zero-order chi connectivity index (χ0) is 28.1. The Balaban J connectivity index is 1.92. The summed E-state index contributed by atoms with van der Waals surface area (Å²) < 4.78 is 38.2. The highest BCUT2D eigenvalue weighted by molar-refractivity contribution is 6.07. The lowest BCUT2D eigenvalue weighted by Gasteiger charge is -2.33. The number of hydrogen-bond donors (Lipinski definition) is 3. The molecule has 1 fully saturated rings. The number of nitrogens with zero attached hydrogens (tertiary/aromatic N) is 3. The van der Waals surface area contributed by atoms with Crippen LogP contribution in [0.1, 0.15) is 56.3 Å². The Kier molecular flexibility index (Phi) is 7.09. The zero-order valence-electron chi connectivity index (χ0n) is 22.7. The predicted octanol–water partition coefficient (Wildman–Crippen LogP) is 5.16. The SMILES string of the molecule is C/C(N)=C(\c1cnc2c3c(F)cc(C(C)(C)O)cc3n(C(c3cccc(F)c3)C3CCOCC3)c2c1)N(C)N. The number of halogens is 2. The van der Waals surface area contributed by atoms with Crippen LogP contribution in [0.5, 0.6) is 0 Å². The molecule has 1 saturated heterocycles. The highest BCUT2D eigenvalue weighted by Gasteiger charge is 2.32. The number of hydrazine groups is 1. The predicted molar refractivity (Wildman–Crippen MR) is 149 cm³/mol. The molecule has 1 aliphatic heterocycles. The molecule has 39 heavy (non-hydrogen) atoms. The summed E-state index contributed by atoms with van der Waals surface area (Å²) in [6.45, 7) is 6.16. The summed E-state index contributed by atoms with van der Waals surface area (Å²) in [5.74, 6) is 5.37. The molecular weight excluding hydrogens is 500 g/mol. The number of rotatable bonds is 6. The van der Waals surface area contributed by atoms with E-state index in [9.17, 15) is 9.50 Å². The van der Waals surface area contributed by atoms with E-state index < -0.39 is 11.4 Å². The number of aliphatic hydroxyl groups is 1. The fraction of sp³-hybridized carbons (Fsp3) is 0.367. The number of pyridine rings is 1. The molecule has 5 N–H and O–H groups in total. The maximum Gasteiger partial charge on any atom is 0.135 e. The van der Waals surface area contributed by atoms with Crippen molar-refractivity contribution in [2.45, 2.75) is 45.3 Å². The number of allylic oxidation sites excluding steroid dienone is 1. The molecule has 4 aromatic rings. The third-order valence-electron chi connectivity index (χ3n) is 7.58. The van der Waals surface area contributed by atoms with E-state index in [1.807, 2.05) is 22.8 Å². The van der Waals surface area contributed by atoms with Crippen LogP contribution in [-0.2, 0) is 10.3 Å². The molecule has 0 amide bonds. The van der Waals surface area contributed by atoms with Crippen molar-refractivity contribution in [3.63, 3.8) is 0 Å². The van der Waals surface area contributed by atoms with E-state index in [4.69, 9.17) is 21.3 Å². The quantitative estimate of drug-likeness (QED) is 0.233. The van der Waals surface area contributed by atoms with E-state index in [1.54, 1.807) is 40.1 Å². The van der Waals surface area contributed by atoms with E-state index in [-0.39, 0.29) is 17.8 Å². The Morgan fingerprint density at radius 2 is 1.87 bits per heavy atom. The lowest BCUT2D eigenvalue weighted by Crippen LogP contribution is -2.27. The van der Waals surface area contributed by atoms with Crippen molar-refractivity contribution < 1.29 is 18.6 Å². The molecule has 2 aromatic heterocycles. The standard InChI is InChI=1S/C30H35F2N5O2/c1-17(33)28(36(4)34)20-13-25-27(35-16-20)26-23(32)14-21(30(2,3)38)15-24(26)37(25)29(18-8-10-39-11-9-18)19-6-5-7-22(31)12-19/h5-7,12-16,18,29,38H,8-11,33-34H2,1-4H3/b28-17-. The summed E-state index contributed by atoms with van der Waals surface area (Å²) >= 11 is 0. The first-order chi connectivity index (χ1) is 18.5. The molecule has 3 heterocycles. The van der Waals surface area contributed by atoms with Gasteiger partial charge in [-0.05, 0) is 81.0 Å². The van der Waals surface area contributed by atoms with Gasteiger partial charge in [-0.1, -0.05) is 12.1 Å². The van der Waals surface area contributed by atoms with Gasteiger partial charge in [-0.15, -0.1) is 0 Å². The third kappa shape index (κ3) is 4.97. The Labute approximate surface area is 226 Å². The molecule has 1 aliphatic rings. The van der Waals surface area contributed by atoms with Crippen molar-refractivity contribution in [3.05, 3.63) is 82.7 Å². The zero-order valence-corrected chi connectivity index (χ0v) is 22.7. The van der Waals surface area contributed by atoms with E-state index in [1.165, 1.54) is 23.2 Å². The van der Waals surface area contributed by atoms with Crippen LogP contribution in [0.25, 0.3) is 27.6 Å². The number of benzene rings is 2. The Hall–Kier alpha value is -3.53. The molecule has 0 bridgehead atoms. The first kappa shape index (κ1) is 27.1. The average Bonchev–Trinajstić information content (AvgIpc) is 3.18. The van der Waals surface area contributed by atoms with Gasteiger partial charge in [0.15, 0.2) is 0 Å². The van der Waals surface area contributed by atoms with Crippen molar-refractivity contribution in [2.75, 3.05) is 20.3 Å². The Bertz CT molecular complexity index is 1560. The Morgan fingerprint density at radius 1 is 1.15 bits per heavy atom. The second kappa shape index (κ2) is 10.2. The van der Waals surface area contributed by atoms with Gasteiger partial charge in [0.2, 0.25) is 0 Å². The van der Waals surface area contributed by atoms with Gasteiger partial charge in [0.25, 0.3) is 0 Å². The number of aromatic nitrogens is 2. The Morgan fingerprint density at radius 3 is 2.49 bits per heavy atom. The molecule has 7 nitrogen and oxygen atoms in total. The maximum absolute atomic E-state index is 15.9. The monoisotopic (exact) mass is 535 g/mol. The van der Waals surface area contributed by atoms with Crippen molar-refractivity contribution in [1.29, 1.82) is 0 Å². The summed E-state index contributed by atoms with van der Waals surface area (Å²) in [5.41, 5.74) is 9.57. The molecule has 0 saturated carbocycles. The van der Waals surface area contributed by atoms with E-state index in [2.05, 4.69) is 0 Å². The van der Waals surface area contributed by atoms with Gasteiger partial charge in [0, 0.05) is 37.7 Å². The molecule has 5 rings (SSSR count). The molecule has 2 aromatic carbocycles. The largest absolute Gasteiger partial charge is 0.401 e. The summed E-state index contributed by atoms with van der Waals surface area (Å²) in [4.78, 5) is 4.71. The highest BCUT2D eigenvalue weighted by Crippen LogP contribution is 2.42. The number of ether oxygens (including phenoxy) is 1. The van der Waals surface area contributed by atoms with E-state index in [0.29, 0.717) is 57.7 Å². The van der Waals surface area contributed by atoms with Crippen molar-refractivity contribution in [1.82, 2.24) is 14.6 Å². The van der Waals surface area contributed by atoms with Crippen LogP contribution >= 0.6 is 0 Å². The fourth-order valence-electron chi connectivity index (χ4n) is 5.82. The van der Waals surface area contributed by atoms with Gasteiger partial charge in [-0.2, -0.15) is 0 Å². The van der Waals surface area contributed by atoms with Crippen LogP contribution in [-0.4, -0.2) is 39.9 Å². The first-order valence-corrected chi connectivity index (χ1v) is 13.1. The summed E-state index contributed by atoms with van der Waals surface area (Å²) in [7, 11) is 1.69. The maximum atomic E-state index is 15.9. The number of hydrogen-bond acceptors (Lipinski definition) is 6. The second-order valence-electron chi connectivity index (χ2n) is 11.0. The van der Waals surface area contributed by atoms with Gasteiger partial charge < -0.3 is 25.2 Å². The van der Waals surface area contributed by atoms with Crippen LogP contribution in [0, 0.1) is 17.6 Å². The van der Waals surface area contributed by atoms with Gasteiger partial charge in [0.05, 0.1) is 39.3 Å². The molecule has 0 radical (unpaired) electrons.